The molecule has 0 unspecified atom stereocenters. The molecule has 4 N–H and O–H groups in total. The molecule has 0 bridgehead atoms. The first-order chi connectivity index (χ1) is 9.76. The average molecular weight is 274 g/mol. The van der Waals surface area contributed by atoms with Gasteiger partial charge in [0.1, 0.15) is 5.69 Å². The van der Waals surface area contributed by atoms with Crippen LogP contribution in [0.2, 0.25) is 0 Å². The molecule has 0 atom stereocenters. The van der Waals surface area contributed by atoms with Crippen LogP contribution in [0, 0.1) is 0 Å². The number of anilines is 1. The largest absolute Gasteiger partial charge is 0.385 e. The van der Waals surface area contributed by atoms with Gasteiger partial charge in [0.05, 0.1) is 11.2 Å². The zero-order chi connectivity index (χ0) is 14.4. The van der Waals surface area contributed by atoms with Gasteiger partial charge in [0.15, 0.2) is 0 Å². The smallest absolute Gasteiger partial charge is 0.269 e. The predicted molar refractivity (Wildman–Crippen MR) is 78.4 cm³/mol. The number of hydrogen-bond acceptors (Lipinski definition) is 5. The maximum absolute atomic E-state index is 12.0. The maximum Gasteiger partial charge on any atom is 0.269 e. The van der Waals surface area contributed by atoms with E-state index >= 15 is 0 Å². The van der Waals surface area contributed by atoms with Crippen molar-refractivity contribution in [2.45, 2.75) is 6.42 Å². The van der Waals surface area contributed by atoms with Gasteiger partial charge in [-0.1, -0.05) is 18.2 Å². The minimum atomic E-state index is -0.219. The third kappa shape index (κ3) is 3.23. The number of amides is 1. The standard InChI is InChI=1S/C14H18N4O2/c1-20-8-4-7-16-14(19)13-9-12(18-15)10-5-2-3-6-11(10)17-13/h2-3,5-6,9H,4,7-8,15H2,1H3,(H,16,19)(H,17,18). The number of ether oxygens (including phenoxy) is 1. The third-order valence-electron chi connectivity index (χ3n) is 2.92. The number of nitrogen functional groups attached to an aromatic ring is 1. The third-order valence-corrected chi connectivity index (χ3v) is 2.92. The SMILES string of the molecule is COCCCNC(=O)c1cc(NN)c2ccccc2n1. The van der Waals surface area contributed by atoms with Crippen LogP contribution in [0.15, 0.2) is 30.3 Å². The van der Waals surface area contributed by atoms with Crippen molar-refractivity contribution in [3.8, 4) is 0 Å². The maximum atomic E-state index is 12.0. The van der Waals surface area contributed by atoms with Crippen molar-refractivity contribution < 1.29 is 9.53 Å². The first-order valence-electron chi connectivity index (χ1n) is 6.40. The first-order valence-corrected chi connectivity index (χ1v) is 6.40. The van der Waals surface area contributed by atoms with Crippen LogP contribution in [-0.2, 0) is 4.74 Å². The lowest BCUT2D eigenvalue weighted by molar-refractivity contribution is 0.0944. The van der Waals surface area contributed by atoms with E-state index in [2.05, 4.69) is 15.7 Å². The topological polar surface area (TPSA) is 89.3 Å². The Balaban J connectivity index is 2.19. The number of rotatable bonds is 6. The number of hydrogen-bond donors (Lipinski definition) is 3. The van der Waals surface area contributed by atoms with E-state index in [1.165, 1.54) is 0 Å². The quantitative estimate of drug-likeness (QED) is 0.419. The fraction of sp³-hybridized carbons (Fsp3) is 0.286. The first kappa shape index (κ1) is 14.2. The Morgan fingerprint density at radius 3 is 2.95 bits per heavy atom. The summed E-state index contributed by atoms with van der Waals surface area (Å²) in [6.45, 7) is 1.16. The average Bonchev–Trinajstić information content (AvgIpc) is 2.50. The van der Waals surface area contributed by atoms with Crippen LogP contribution in [0.5, 0.6) is 0 Å². The molecule has 1 aromatic heterocycles. The van der Waals surface area contributed by atoms with Gasteiger partial charge in [0.25, 0.3) is 5.91 Å². The van der Waals surface area contributed by atoms with E-state index < -0.39 is 0 Å². The number of carbonyl (C=O) groups excluding carboxylic acids is 1. The summed E-state index contributed by atoms with van der Waals surface area (Å²) in [5.74, 6) is 5.28. The number of benzene rings is 1. The Hall–Kier alpha value is -2.18. The number of nitrogens with one attached hydrogen (secondary N) is 2. The zero-order valence-corrected chi connectivity index (χ0v) is 11.3. The fourth-order valence-corrected chi connectivity index (χ4v) is 1.92. The van der Waals surface area contributed by atoms with E-state index in [9.17, 15) is 4.79 Å². The molecule has 0 aliphatic heterocycles. The lowest BCUT2D eigenvalue weighted by atomic mass is 10.1. The zero-order valence-electron chi connectivity index (χ0n) is 11.3. The summed E-state index contributed by atoms with van der Waals surface area (Å²) in [5.41, 5.74) is 4.35. The van der Waals surface area contributed by atoms with Crippen molar-refractivity contribution in [1.82, 2.24) is 10.3 Å². The molecule has 1 heterocycles. The fourth-order valence-electron chi connectivity index (χ4n) is 1.92. The molecule has 6 nitrogen and oxygen atoms in total. The number of aromatic nitrogens is 1. The Morgan fingerprint density at radius 1 is 1.40 bits per heavy atom. The highest BCUT2D eigenvalue weighted by Crippen LogP contribution is 2.22. The van der Waals surface area contributed by atoms with Crippen LogP contribution in [0.25, 0.3) is 10.9 Å². The van der Waals surface area contributed by atoms with Gasteiger partial charge in [-0.05, 0) is 18.6 Å². The van der Waals surface area contributed by atoms with Crippen molar-refractivity contribution in [3.63, 3.8) is 0 Å². The predicted octanol–water partition coefficient (Wildman–Crippen LogP) is 1.29. The normalized spacial score (nSPS) is 10.5. The number of hydrazine groups is 1. The second-order valence-corrected chi connectivity index (χ2v) is 4.32. The van der Waals surface area contributed by atoms with Gasteiger partial charge in [-0.3, -0.25) is 10.6 Å². The number of pyridine rings is 1. The molecule has 1 aromatic carbocycles. The second-order valence-electron chi connectivity index (χ2n) is 4.32. The molecule has 20 heavy (non-hydrogen) atoms. The molecule has 0 fully saturated rings. The van der Waals surface area contributed by atoms with Crippen LogP contribution in [0.1, 0.15) is 16.9 Å². The van der Waals surface area contributed by atoms with E-state index in [-0.39, 0.29) is 5.91 Å². The molecule has 2 rings (SSSR count). The van der Waals surface area contributed by atoms with E-state index in [1.54, 1.807) is 13.2 Å². The van der Waals surface area contributed by atoms with Crippen molar-refractivity contribution in [2.24, 2.45) is 5.84 Å². The van der Waals surface area contributed by atoms with Crippen molar-refractivity contribution in [2.75, 3.05) is 25.7 Å². The van der Waals surface area contributed by atoms with Gasteiger partial charge in [-0.25, -0.2) is 4.98 Å². The summed E-state index contributed by atoms with van der Waals surface area (Å²) < 4.78 is 4.93. The van der Waals surface area contributed by atoms with Crippen LogP contribution < -0.4 is 16.6 Å². The van der Waals surface area contributed by atoms with Crippen LogP contribution in [-0.4, -0.2) is 31.2 Å². The summed E-state index contributed by atoms with van der Waals surface area (Å²) in [7, 11) is 1.63. The molecule has 1 amide bonds. The highest BCUT2D eigenvalue weighted by Gasteiger charge is 2.10. The molecule has 0 spiro atoms. The summed E-state index contributed by atoms with van der Waals surface area (Å²) >= 11 is 0. The van der Waals surface area contributed by atoms with Gasteiger partial charge in [-0.2, -0.15) is 0 Å². The molecule has 2 aromatic rings. The highest BCUT2D eigenvalue weighted by molar-refractivity contribution is 5.99. The second kappa shape index (κ2) is 6.83. The molecular weight excluding hydrogens is 256 g/mol. The molecular formula is C14H18N4O2. The van der Waals surface area contributed by atoms with Gasteiger partial charge < -0.3 is 15.5 Å². The lowest BCUT2D eigenvalue weighted by Gasteiger charge is -2.09. The molecule has 6 heteroatoms. The van der Waals surface area contributed by atoms with Crippen molar-refractivity contribution in [3.05, 3.63) is 36.0 Å². The van der Waals surface area contributed by atoms with Gasteiger partial charge in [-0.15, -0.1) is 0 Å². The highest BCUT2D eigenvalue weighted by atomic mass is 16.5. The van der Waals surface area contributed by atoms with Crippen molar-refractivity contribution in [1.29, 1.82) is 0 Å². The van der Waals surface area contributed by atoms with E-state index in [1.807, 2.05) is 24.3 Å². The van der Waals surface area contributed by atoms with Crippen LogP contribution in [0.3, 0.4) is 0 Å². The Labute approximate surface area is 117 Å². The summed E-state index contributed by atoms with van der Waals surface area (Å²) in [4.78, 5) is 16.4. The summed E-state index contributed by atoms with van der Waals surface area (Å²) in [6, 6.07) is 9.16. The number of carbonyl (C=O) groups is 1. The number of nitrogens with zero attached hydrogens (tertiary/aromatic N) is 1. The van der Waals surface area contributed by atoms with Crippen LogP contribution in [0.4, 0.5) is 5.69 Å². The summed E-state index contributed by atoms with van der Waals surface area (Å²) in [6.07, 6.45) is 0.762. The van der Waals surface area contributed by atoms with E-state index in [4.69, 9.17) is 10.6 Å². The summed E-state index contributed by atoms with van der Waals surface area (Å²) in [5, 5.41) is 3.68. The Morgan fingerprint density at radius 2 is 2.20 bits per heavy atom. The van der Waals surface area contributed by atoms with Crippen LogP contribution >= 0.6 is 0 Å². The molecule has 0 aliphatic rings. The van der Waals surface area contributed by atoms with E-state index in [0.29, 0.717) is 24.5 Å². The number of fused-ring (bicyclic) bond motifs is 1. The Bertz CT molecular complexity index is 601. The minimum Gasteiger partial charge on any atom is -0.385 e. The van der Waals surface area contributed by atoms with Gasteiger partial charge in [0, 0.05) is 25.6 Å². The monoisotopic (exact) mass is 274 g/mol. The Kier molecular flexibility index (Phi) is 4.86. The van der Waals surface area contributed by atoms with Crippen molar-refractivity contribution >= 4 is 22.5 Å². The number of nitrogens with two attached hydrogens (primary N) is 1. The van der Waals surface area contributed by atoms with Gasteiger partial charge in [0.2, 0.25) is 0 Å². The number of para-hydroxylation sites is 1. The molecule has 0 saturated heterocycles. The van der Waals surface area contributed by atoms with E-state index in [0.717, 1.165) is 17.3 Å². The lowest BCUT2D eigenvalue weighted by Crippen LogP contribution is -2.26. The molecule has 0 aliphatic carbocycles. The molecule has 0 radical (unpaired) electrons. The van der Waals surface area contributed by atoms with Gasteiger partial charge >= 0.3 is 0 Å². The molecule has 0 saturated carbocycles. The number of methoxy groups -OCH3 is 1. The molecule has 106 valence electrons. The minimum absolute atomic E-state index is 0.219.